The molecule has 0 aliphatic carbocycles. The van der Waals surface area contributed by atoms with Crippen LogP contribution in [0.25, 0.3) is 0 Å². The Hall–Kier alpha value is -0.930. The van der Waals surface area contributed by atoms with Gasteiger partial charge in [0.2, 0.25) is 0 Å². The Balaban J connectivity index is 2.13. The van der Waals surface area contributed by atoms with Gasteiger partial charge in [-0.25, -0.2) is 4.39 Å². The molecule has 2 unspecified atom stereocenters. The number of rotatable bonds is 2. The second-order valence-electron chi connectivity index (χ2n) is 4.07. The van der Waals surface area contributed by atoms with E-state index in [0.29, 0.717) is 12.1 Å². The molecule has 1 aliphatic rings. The van der Waals surface area contributed by atoms with Crippen LogP contribution in [-0.4, -0.2) is 12.6 Å². The molecule has 0 bridgehead atoms. The van der Waals surface area contributed by atoms with Gasteiger partial charge in [-0.2, -0.15) is 0 Å². The molecule has 1 aliphatic heterocycles. The van der Waals surface area contributed by atoms with Crippen LogP contribution in [0.5, 0.6) is 0 Å². The van der Waals surface area contributed by atoms with Crippen LogP contribution in [0.3, 0.4) is 0 Å². The highest BCUT2D eigenvalue weighted by molar-refractivity contribution is 5.26. The molecular weight excluding hydrogens is 193 g/mol. The summed E-state index contributed by atoms with van der Waals surface area (Å²) in [6.07, 6.45) is 2.24. The van der Waals surface area contributed by atoms with Gasteiger partial charge in [0.15, 0.2) is 0 Å². The van der Waals surface area contributed by atoms with Crippen molar-refractivity contribution in [1.29, 1.82) is 0 Å². The van der Waals surface area contributed by atoms with Crippen molar-refractivity contribution < 1.29 is 9.13 Å². The van der Waals surface area contributed by atoms with Gasteiger partial charge in [-0.3, -0.25) is 0 Å². The highest BCUT2D eigenvalue weighted by atomic mass is 19.1. The maximum Gasteiger partial charge on any atom is 0.126 e. The zero-order valence-electron chi connectivity index (χ0n) is 8.87. The lowest BCUT2D eigenvalue weighted by Gasteiger charge is -2.13. The standard InChI is InChI=1S/C12H16FNO/c1-8-6-9(2-4-11(8)13)12-5-3-10(7-14)15-12/h2,4,6,10,12H,3,5,7,14H2,1H3. The van der Waals surface area contributed by atoms with Crippen LogP contribution in [0.4, 0.5) is 4.39 Å². The van der Waals surface area contributed by atoms with Crippen LogP contribution in [0, 0.1) is 12.7 Å². The Kier molecular flexibility index (Phi) is 3.03. The predicted octanol–water partition coefficient (Wildman–Crippen LogP) is 2.31. The third-order valence-electron chi connectivity index (χ3n) is 2.92. The Morgan fingerprint density at radius 1 is 1.47 bits per heavy atom. The normalized spacial score (nSPS) is 25.8. The molecule has 15 heavy (non-hydrogen) atoms. The van der Waals surface area contributed by atoms with E-state index in [-0.39, 0.29) is 18.0 Å². The fourth-order valence-corrected chi connectivity index (χ4v) is 1.99. The Labute approximate surface area is 89.2 Å². The smallest absolute Gasteiger partial charge is 0.126 e. The minimum Gasteiger partial charge on any atom is -0.369 e. The van der Waals surface area contributed by atoms with E-state index in [1.54, 1.807) is 13.0 Å². The van der Waals surface area contributed by atoms with Crippen molar-refractivity contribution in [3.05, 3.63) is 35.1 Å². The van der Waals surface area contributed by atoms with Gasteiger partial charge in [-0.1, -0.05) is 12.1 Å². The first-order valence-corrected chi connectivity index (χ1v) is 5.32. The summed E-state index contributed by atoms with van der Waals surface area (Å²) in [5, 5.41) is 0. The zero-order chi connectivity index (χ0) is 10.8. The van der Waals surface area contributed by atoms with Crippen molar-refractivity contribution in [3.8, 4) is 0 Å². The average molecular weight is 209 g/mol. The van der Waals surface area contributed by atoms with Crippen molar-refractivity contribution in [1.82, 2.24) is 0 Å². The SMILES string of the molecule is Cc1cc(C2CCC(CN)O2)ccc1F. The number of halogens is 1. The molecule has 0 spiro atoms. The minimum absolute atomic E-state index is 0.0952. The van der Waals surface area contributed by atoms with Crippen molar-refractivity contribution in [2.75, 3.05) is 6.54 Å². The number of nitrogens with two attached hydrogens (primary N) is 1. The van der Waals surface area contributed by atoms with Crippen molar-refractivity contribution in [2.24, 2.45) is 5.73 Å². The molecule has 0 amide bonds. The molecule has 1 saturated heterocycles. The van der Waals surface area contributed by atoms with Crippen LogP contribution >= 0.6 is 0 Å². The van der Waals surface area contributed by atoms with E-state index in [0.717, 1.165) is 18.4 Å². The van der Waals surface area contributed by atoms with Gasteiger partial charge >= 0.3 is 0 Å². The van der Waals surface area contributed by atoms with E-state index in [1.165, 1.54) is 6.07 Å². The monoisotopic (exact) mass is 209 g/mol. The maximum absolute atomic E-state index is 13.1. The minimum atomic E-state index is -0.160. The van der Waals surface area contributed by atoms with Crippen molar-refractivity contribution in [3.63, 3.8) is 0 Å². The summed E-state index contributed by atoms with van der Waals surface area (Å²) in [6, 6.07) is 5.16. The molecule has 0 radical (unpaired) electrons. The fraction of sp³-hybridized carbons (Fsp3) is 0.500. The Morgan fingerprint density at radius 3 is 2.87 bits per heavy atom. The van der Waals surface area contributed by atoms with E-state index in [1.807, 2.05) is 6.07 Å². The van der Waals surface area contributed by atoms with E-state index in [2.05, 4.69) is 0 Å². The molecule has 1 fully saturated rings. The molecule has 82 valence electrons. The molecule has 3 heteroatoms. The van der Waals surface area contributed by atoms with E-state index < -0.39 is 0 Å². The lowest BCUT2D eigenvalue weighted by Crippen LogP contribution is -2.18. The summed E-state index contributed by atoms with van der Waals surface area (Å²) in [6.45, 7) is 2.34. The van der Waals surface area contributed by atoms with Gasteiger partial charge in [0, 0.05) is 6.54 Å². The van der Waals surface area contributed by atoms with E-state index >= 15 is 0 Å². The first-order chi connectivity index (χ1) is 7.20. The average Bonchev–Trinajstić information content (AvgIpc) is 2.70. The summed E-state index contributed by atoms with van der Waals surface area (Å²) < 4.78 is 18.8. The molecule has 0 saturated carbocycles. The molecule has 1 aromatic carbocycles. The molecule has 2 nitrogen and oxygen atoms in total. The number of aryl methyl sites for hydroxylation is 1. The zero-order valence-corrected chi connectivity index (χ0v) is 8.87. The van der Waals surface area contributed by atoms with E-state index in [4.69, 9.17) is 10.5 Å². The number of ether oxygens (including phenoxy) is 1. The summed E-state index contributed by atoms with van der Waals surface area (Å²) >= 11 is 0. The van der Waals surface area contributed by atoms with Crippen LogP contribution in [-0.2, 0) is 4.74 Å². The lowest BCUT2D eigenvalue weighted by molar-refractivity contribution is 0.0498. The Morgan fingerprint density at radius 2 is 2.27 bits per heavy atom. The van der Waals surface area contributed by atoms with Crippen molar-refractivity contribution in [2.45, 2.75) is 32.0 Å². The maximum atomic E-state index is 13.1. The van der Waals surface area contributed by atoms with Gasteiger partial charge in [-0.15, -0.1) is 0 Å². The van der Waals surface area contributed by atoms with Crippen LogP contribution in [0.2, 0.25) is 0 Å². The molecule has 2 N–H and O–H groups in total. The molecule has 1 heterocycles. The van der Waals surface area contributed by atoms with Crippen LogP contribution in [0.1, 0.15) is 30.1 Å². The van der Waals surface area contributed by atoms with E-state index in [9.17, 15) is 4.39 Å². The Bertz CT molecular complexity index is 353. The van der Waals surface area contributed by atoms with Crippen molar-refractivity contribution >= 4 is 0 Å². The molecule has 2 atom stereocenters. The highest BCUT2D eigenvalue weighted by Crippen LogP contribution is 2.32. The van der Waals surface area contributed by atoms with Crippen LogP contribution < -0.4 is 5.73 Å². The predicted molar refractivity (Wildman–Crippen MR) is 57.0 cm³/mol. The van der Waals surface area contributed by atoms with Gasteiger partial charge in [0.05, 0.1) is 12.2 Å². The molecule has 1 aromatic rings. The largest absolute Gasteiger partial charge is 0.369 e. The first-order valence-electron chi connectivity index (χ1n) is 5.32. The summed E-state index contributed by atoms with van der Waals surface area (Å²) in [7, 11) is 0. The lowest BCUT2D eigenvalue weighted by atomic mass is 10.0. The third kappa shape index (κ3) is 2.19. The number of benzene rings is 1. The van der Waals surface area contributed by atoms with Gasteiger partial charge in [0.25, 0.3) is 0 Å². The van der Waals surface area contributed by atoms with Gasteiger partial charge in [0.1, 0.15) is 5.82 Å². The number of hydrogen-bond acceptors (Lipinski definition) is 2. The number of hydrogen-bond donors (Lipinski definition) is 1. The molecular formula is C12H16FNO. The first kappa shape index (κ1) is 10.6. The topological polar surface area (TPSA) is 35.2 Å². The summed E-state index contributed by atoms with van der Waals surface area (Å²) in [5.41, 5.74) is 7.28. The highest BCUT2D eigenvalue weighted by Gasteiger charge is 2.25. The van der Waals surface area contributed by atoms with Gasteiger partial charge in [-0.05, 0) is 37.0 Å². The second kappa shape index (κ2) is 4.29. The summed E-state index contributed by atoms with van der Waals surface area (Å²) in [4.78, 5) is 0. The fourth-order valence-electron chi connectivity index (χ4n) is 1.99. The van der Waals surface area contributed by atoms with Gasteiger partial charge < -0.3 is 10.5 Å². The quantitative estimate of drug-likeness (QED) is 0.811. The molecule has 0 aromatic heterocycles. The van der Waals surface area contributed by atoms with Crippen LogP contribution in [0.15, 0.2) is 18.2 Å². The summed E-state index contributed by atoms with van der Waals surface area (Å²) in [5.74, 6) is -0.160. The molecule has 2 rings (SSSR count). The second-order valence-corrected chi connectivity index (χ2v) is 4.07. The third-order valence-corrected chi connectivity index (χ3v) is 2.92.